The van der Waals surface area contributed by atoms with Crippen molar-refractivity contribution in [3.05, 3.63) is 82.7 Å². The van der Waals surface area contributed by atoms with Crippen molar-refractivity contribution in [1.29, 1.82) is 0 Å². The second kappa shape index (κ2) is 8.41. The Morgan fingerprint density at radius 2 is 1.88 bits per heavy atom. The van der Waals surface area contributed by atoms with E-state index in [0.717, 1.165) is 50.4 Å². The lowest BCUT2D eigenvalue weighted by molar-refractivity contribution is -0.120. The fourth-order valence-electron chi connectivity index (χ4n) is 5.00. The van der Waals surface area contributed by atoms with Crippen LogP contribution < -0.4 is 4.90 Å². The van der Waals surface area contributed by atoms with Gasteiger partial charge in [0, 0.05) is 50.4 Å². The van der Waals surface area contributed by atoms with Gasteiger partial charge < -0.3 is 14.4 Å². The number of amides is 1. The predicted molar refractivity (Wildman–Crippen MR) is 123 cm³/mol. The predicted octanol–water partition coefficient (Wildman–Crippen LogP) is 4.39. The van der Waals surface area contributed by atoms with Gasteiger partial charge in [0.1, 0.15) is 11.6 Å². The molecule has 0 N–H and O–H groups in total. The lowest BCUT2D eigenvalue weighted by Gasteiger charge is -2.40. The number of fused-ring (bicyclic) bond motifs is 1. The van der Waals surface area contributed by atoms with Gasteiger partial charge in [-0.05, 0) is 49.6 Å². The summed E-state index contributed by atoms with van der Waals surface area (Å²) < 4.78 is 15.9. The van der Waals surface area contributed by atoms with Crippen LogP contribution in [0.25, 0.3) is 0 Å². The fourth-order valence-corrected chi connectivity index (χ4v) is 5.00. The Morgan fingerprint density at radius 3 is 2.62 bits per heavy atom. The van der Waals surface area contributed by atoms with Crippen LogP contribution >= 0.6 is 0 Å². The van der Waals surface area contributed by atoms with E-state index < -0.39 is 0 Å². The van der Waals surface area contributed by atoms with Gasteiger partial charge in [0.25, 0.3) is 0 Å². The summed E-state index contributed by atoms with van der Waals surface area (Å²) in [5, 5.41) is 0. The first-order chi connectivity index (χ1) is 15.5. The first kappa shape index (κ1) is 20.7. The number of hydrogen-bond donors (Lipinski definition) is 0. The van der Waals surface area contributed by atoms with Crippen LogP contribution in [0.5, 0.6) is 0 Å². The van der Waals surface area contributed by atoms with Crippen molar-refractivity contribution >= 4 is 12.1 Å². The quantitative estimate of drug-likeness (QED) is 0.574. The lowest BCUT2D eigenvalue weighted by atomic mass is 9.90. The Hall–Kier alpha value is -3.15. The highest BCUT2D eigenvalue weighted by molar-refractivity contribution is 5.53. The summed E-state index contributed by atoms with van der Waals surface area (Å²) in [4.78, 5) is 21.0. The number of carbonyl (C=O) groups excluding carboxylic acids is 1. The number of benzene rings is 2. The van der Waals surface area contributed by atoms with Crippen molar-refractivity contribution in [2.75, 3.05) is 24.5 Å². The summed E-state index contributed by atoms with van der Waals surface area (Å²) in [5.74, 6) is 1.27. The molecule has 1 saturated heterocycles. The molecule has 1 amide bonds. The number of anilines is 1. The Balaban J connectivity index is 1.37. The summed E-state index contributed by atoms with van der Waals surface area (Å²) in [6.07, 6.45) is 4.97. The zero-order valence-corrected chi connectivity index (χ0v) is 18.7. The lowest BCUT2D eigenvalue weighted by Crippen LogP contribution is -2.48. The molecule has 2 aromatic carbocycles. The van der Waals surface area contributed by atoms with Crippen LogP contribution in [0.15, 0.2) is 48.7 Å². The summed E-state index contributed by atoms with van der Waals surface area (Å²) >= 11 is 0. The number of aromatic nitrogens is 2. The van der Waals surface area contributed by atoms with Crippen molar-refractivity contribution in [3.63, 3.8) is 0 Å². The van der Waals surface area contributed by atoms with Gasteiger partial charge in [0.15, 0.2) is 0 Å². The van der Waals surface area contributed by atoms with Gasteiger partial charge >= 0.3 is 0 Å². The molecular formula is C26H29FN4O. The summed E-state index contributed by atoms with van der Waals surface area (Å²) in [6, 6.07) is 13.9. The standard InChI is InChI=1S/C26H29FN4O/c1-18-3-7-22(8-4-18)29-11-12-30(17-32)25(16-29)24-15-31-14-21(6-10-26(31)28-24)20-5-9-23(27)19(2)13-20/h3-5,7-9,13,15,17,21,25H,6,10-12,14,16H2,1-2H3. The van der Waals surface area contributed by atoms with E-state index in [1.807, 2.05) is 24.0 Å². The second-order valence-corrected chi connectivity index (χ2v) is 9.12. The number of carbonyl (C=O) groups is 1. The van der Waals surface area contributed by atoms with E-state index in [0.29, 0.717) is 18.0 Å². The van der Waals surface area contributed by atoms with Crippen LogP contribution in [0.1, 0.15) is 46.6 Å². The molecule has 1 fully saturated rings. The zero-order valence-electron chi connectivity index (χ0n) is 18.7. The average molecular weight is 433 g/mol. The van der Waals surface area contributed by atoms with Crippen LogP contribution in [-0.2, 0) is 17.8 Å². The maximum Gasteiger partial charge on any atom is 0.210 e. The van der Waals surface area contributed by atoms with Gasteiger partial charge in [-0.3, -0.25) is 4.79 Å². The molecule has 0 saturated carbocycles. The number of halogens is 1. The molecule has 0 radical (unpaired) electrons. The van der Waals surface area contributed by atoms with E-state index in [1.165, 1.54) is 16.8 Å². The van der Waals surface area contributed by atoms with E-state index >= 15 is 0 Å². The van der Waals surface area contributed by atoms with Crippen molar-refractivity contribution in [1.82, 2.24) is 14.5 Å². The van der Waals surface area contributed by atoms with E-state index in [2.05, 4.69) is 46.9 Å². The molecule has 3 heterocycles. The first-order valence-corrected chi connectivity index (χ1v) is 11.4. The third kappa shape index (κ3) is 3.90. The Labute approximate surface area is 188 Å². The van der Waals surface area contributed by atoms with Crippen LogP contribution in [0.2, 0.25) is 0 Å². The van der Waals surface area contributed by atoms with E-state index in [1.54, 1.807) is 6.07 Å². The van der Waals surface area contributed by atoms with Crippen LogP contribution in [-0.4, -0.2) is 40.5 Å². The van der Waals surface area contributed by atoms with Crippen molar-refractivity contribution in [2.24, 2.45) is 0 Å². The summed E-state index contributed by atoms with van der Waals surface area (Å²) in [7, 11) is 0. The molecule has 3 aromatic rings. The molecule has 6 heteroatoms. The molecule has 5 rings (SSSR count). The topological polar surface area (TPSA) is 41.4 Å². The molecular weight excluding hydrogens is 403 g/mol. The number of hydrogen-bond acceptors (Lipinski definition) is 3. The third-order valence-corrected chi connectivity index (χ3v) is 6.96. The van der Waals surface area contributed by atoms with Crippen LogP contribution in [0.4, 0.5) is 10.1 Å². The second-order valence-electron chi connectivity index (χ2n) is 9.12. The van der Waals surface area contributed by atoms with E-state index in [-0.39, 0.29) is 11.9 Å². The Kier molecular flexibility index (Phi) is 5.45. The van der Waals surface area contributed by atoms with Gasteiger partial charge in [-0.25, -0.2) is 9.37 Å². The molecule has 2 aliphatic heterocycles. The molecule has 5 nitrogen and oxygen atoms in total. The Bertz CT molecular complexity index is 1120. The van der Waals surface area contributed by atoms with E-state index in [9.17, 15) is 9.18 Å². The highest BCUT2D eigenvalue weighted by Gasteiger charge is 2.31. The molecule has 166 valence electrons. The normalized spacial score (nSPS) is 20.8. The van der Waals surface area contributed by atoms with Gasteiger partial charge in [-0.1, -0.05) is 29.8 Å². The third-order valence-electron chi connectivity index (χ3n) is 6.96. The zero-order chi connectivity index (χ0) is 22.2. The SMILES string of the molecule is Cc1ccc(N2CCN(C=O)C(c3cn4c(n3)CCC(c3ccc(F)c(C)c3)C4)C2)cc1. The number of imidazole rings is 1. The highest BCUT2D eigenvalue weighted by atomic mass is 19.1. The van der Waals surface area contributed by atoms with Crippen molar-refractivity contribution in [3.8, 4) is 0 Å². The Morgan fingerprint density at radius 1 is 1.06 bits per heavy atom. The summed E-state index contributed by atoms with van der Waals surface area (Å²) in [5.41, 5.74) is 5.26. The molecule has 0 bridgehead atoms. The molecule has 2 aliphatic rings. The molecule has 0 spiro atoms. The van der Waals surface area contributed by atoms with Gasteiger partial charge in [0.05, 0.1) is 11.7 Å². The number of aryl methyl sites for hydroxylation is 3. The van der Waals surface area contributed by atoms with E-state index in [4.69, 9.17) is 4.98 Å². The van der Waals surface area contributed by atoms with Gasteiger partial charge in [-0.15, -0.1) is 0 Å². The maximum atomic E-state index is 13.7. The molecule has 32 heavy (non-hydrogen) atoms. The molecule has 0 aliphatic carbocycles. The van der Waals surface area contributed by atoms with Crippen LogP contribution in [0, 0.1) is 19.7 Å². The van der Waals surface area contributed by atoms with Crippen molar-refractivity contribution in [2.45, 2.75) is 45.2 Å². The average Bonchev–Trinajstić information content (AvgIpc) is 3.24. The van der Waals surface area contributed by atoms with Gasteiger partial charge in [-0.2, -0.15) is 0 Å². The van der Waals surface area contributed by atoms with Crippen LogP contribution in [0.3, 0.4) is 0 Å². The van der Waals surface area contributed by atoms with Crippen molar-refractivity contribution < 1.29 is 9.18 Å². The van der Waals surface area contributed by atoms with Gasteiger partial charge in [0.2, 0.25) is 6.41 Å². The smallest absolute Gasteiger partial charge is 0.210 e. The molecule has 2 unspecified atom stereocenters. The highest BCUT2D eigenvalue weighted by Crippen LogP contribution is 2.33. The first-order valence-electron chi connectivity index (χ1n) is 11.4. The number of nitrogens with zero attached hydrogens (tertiary/aromatic N) is 4. The largest absolute Gasteiger partial charge is 0.367 e. The summed E-state index contributed by atoms with van der Waals surface area (Å²) in [6.45, 7) is 6.98. The minimum Gasteiger partial charge on any atom is -0.367 e. The maximum absolute atomic E-state index is 13.7. The molecule has 1 aromatic heterocycles. The monoisotopic (exact) mass is 432 g/mol. The number of rotatable bonds is 4. The number of piperazine rings is 1. The minimum atomic E-state index is -0.153. The molecule has 2 atom stereocenters. The fraction of sp³-hybridized carbons (Fsp3) is 0.385. The minimum absolute atomic E-state index is 0.0628.